The van der Waals surface area contributed by atoms with E-state index >= 15 is 0 Å². The molecule has 0 unspecified atom stereocenters. The quantitative estimate of drug-likeness (QED) is 0.508. The maximum atomic E-state index is 12.8. The van der Waals surface area contributed by atoms with Crippen molar-refractivity contribution in [2.45, 2.75) is 19.9 Å². The van der Waals surface area contributed by atoms with Gasteiger partial charge in [-0.15, -0.1) is 0 Å². The second-order valence-electron chi connectivity index (χ2n) is 7.23. The highest BCUT2D eigenvalue weighted by Crippen LogP contribution is 2.36. The Kier molecular flexibility index (Phi) is 4.79. The maximum absolute atomic E-state index is 12.8. The van der Waals surface area contributed by atoms with E-state index in [1.165, 1.54) is 0 Å². The number of hydrogen-bond donors (Lipinski definition) is 2. The molecule has 7 heteroatoms. The molecule has 0 bridgehead atoms. The van der Waals surface area contributed by atoms with E-state index in [2.05, 4.69) is 22.2 Å². The third kappa shape index (κ3) is 3.20. The Morgan fingerprint density at radius 1 is 1.17 bits per heavy atom. The van der Waals surface area contributed by atoms with Crippen LogP contribution in [0.2, 0.25) is 0 Å². The van der Waals surface area contributed by atoms with E-state index in [1.807, 2.05) is 30.7 Å². The number of rotatable bonds is 5. The summed E-state index contributed by atoms with van der Waals surface area (Å²) >= 11 is 0. The zero-order valence-electron chi connectivity index (χ0n) is 16.6. The molecule has 1 aromatic carbocycles. The molecular formula is C23H20N4O3. The molecule has 30 heavy (non-hydrogen) atoms. The van der Waals surface area contributed by atoms with Crippen molar-refractivity contribution in [2.75, 3.05) is 5.32 Å². The van der Waals surface area contributed by atoms with Crippen LogP contribution >= 0.6 is 0 Å². The number of anilines is 1. The number of aromatic nitrogens is 2. The second kappa shape index (κ2) is 7.44. The minimum Gasteiger partial charge on any atom is -0.329 e. The van der Waals surface area contributed by atoms with Crippen molar-refractivity contribution in [2.24, 2.45) is 0 Å². The van der Waals surface area contributed by atoms with Crippen molar-refractivity contribution in [1.29, 1.82) is 0 Å². The first-order valence-electron chi connectivity index (χ1n) is 9.50. The molecule has 1 aliphatic rings. The third-order valence-corrected chi connectivity index (χ3v) is 4.95. The molecule has 7 nitrogen and oxygen atoms in total. The van der Waals surface area contributed by atoms with Crippen LogP contribution in [0.3, 0.4) is 0 Å². The van der Waals surface area contributed by atoms with Gasteiger partial charge in [0.25, 0.3) is 11.8 Å². The average Bonchev–Trinajstić information content (AvgIpc) is 3.24. The van der Waals surface area contributed by atoms with E-state index in [0.717, 1.165) is 17.1 Å². The molecule has 3 heterocycles. The molecule has 1 aliphatic heterocycles. The highest BCUT2D eigenvalue weighted by Gasteiger charge is 2.34. The number of carbonyl (C=O) groups is 3. The number of nitrogens with one attached hydrogen (secondary N) is 2. The number of amides is 3. The molecule has 4 rings (SSSR count). The lowest BCUT2D eigenvalue weighted by atomic mass is 9.96. The van der Waals surface area contributed by atoms with E-state index in [9.17, 15) is 14.4 Å². The van der Waals surface area contributed by atoms with Crippen molar-refractivity contribution < 1.29 is 14.4 Å². The summed E-state index contributed by atoms with van der Waals surface area (Å²) in [5.74, 6) is -1.29. The zero-order chi connectivity index (χ0) is 21.4. The first-order valence-corrected chi connectivity index (χ1v) is 9.50. The average molecular weight is 400 g/mol. The van der Waals surface area contributed by atoms with E-state index in [0.29, 0.717) is 22.4 Å². The Hall–Kier alpha value is -4.00. The van der Waals surface area contributed by atoms with Gasteiger partial charge in [0.15, 0.2) is 0 Å². The maximum Gasteiger partial charge on any atom is 0.259 e. The Bertz CT molecular complexity index is 1250. The summed E-state index contributed by atoms with van der Waals surface area (Å²) in [6.07, 6.45) is 4.72. The highest BCUT2D eigenvalue weighted by atomic mass is 16.2. The molecule has 0 atom stereocenters. The fourth-order valence-corrected chi connectivity index (χ4v) is 3.61. The van der Waals surface area contributed by atoms with Gasteiger partial charge in [0, 0.05) is 35.1 Å². The Morgan fingerprint density at radius 3 is 2.67 bits per heavy atom. The first kappa shape index (κ1) is 19.3. The van der Waals surface area contributed by atoms with E-state index in [-0.39, 0.29) is 17.5 Å². The van der Waals surface area contributed by atoms with Crippen LogP contribution in [0.4, 0.5) is 5.69 Å². The lowest BCUT2D eigenvalue weighted by molar-refractivity contribution is -0.122. The van der Waals surface area contributed by atoms with Gasteiger partial charge < -0.3 is 9.88 Å². The predicted molar refractivity (Wildman–Crippen MR) is 115 cm³/mol. The highest BCUT2D eigenvalue weighted by molar-refractivity contribution is 6.50. The number of benzene rings is 1. The standard InChI is InChI=1S/C23H20N4O3/c1-4-18(28)25-15-8-5-7-14(11-15)19-20(23(30)26-22(19)29)17-12-27(13(2)3)21-16(17)9-6-10-24-21/h4-13H,1H2,2-3H3,(H,25,28)(H,26,29,30). The number of fused-ring (bicyclic) bond motifs is 1. The van der Waals surface area contributed by atoms with Gasteiger partial charge in [-0.05, 0) is 49.8 Å². The molecular weight excluding hydrogens is 380 g/mol. The Labute approximate surface area is 173 Å². The minimum atomic E-state index is -0.475. The van der Waals surface area contributed by atoms with Crippen LogP contribution in [0, 0.1) is 0 Å². The van der Waals surface area contributed by atoms with Crippen molar-refractivity contribution in [3.63, 3.8) is 0 Å². The fraction of sp³-hybridized carbons (Fsp3) is 0.130. The molecule has 0 saturated carbocycles. The van der Waals surface area contributed by atoms with Gasteiger partial charge in [0.1, 0.15) is 5.65 Å². The summed E-state index contributed by atoms with van der Waals surface area (Å²) < 4.78 is 1.98. The zero-order valence-corrected chi connectivity index (χ0v) is 16.6. The first-order chi connectivity index (χ1) is 14.4. The van der Waals surface area contributed by atoms with Crippen molar-refractivity contribution >= 4 is 45.6 Å². The van der Waals surface area contributed by atoms with Gasteiger partial charge in [0.05, 0.1) is 11.1 Å². The minimum absolute atomic E-state index is 0.123. The molecule has 2 N–H and O–H groups in total. The largest absolute Gasteiger partial charge is 0.329 e. The smallest absolute Gasteiger partial charge is 0.259 e. The van der Waals surface area contributed by atoms with Crippen LogP contribution in [0.5, 0.6) is 0 Å². The lowest BCUT2D eigenvalue weighted by Crippen LogP contribution is -2.22. The van der Waals surface area contributed by atoms with Crippen molar-refractivity contribution in [3.8, 4) is 0 Å². The van der Waals surface area contributed by atoms with Crippen LogP contribution in [0.25, 0.3) is 22.2 Å². The lowest BCUT2D eigenvalue weighted by Gasteiger charge is -2.08. The predicted octanol–water partition coefficient (Wildman–Crippen LogP) is 3.31. The van der Waals surface area contributed by atoms with Gasteiger partial charge >= 0.3 is 0 Å². The van der Waals surface area contributed by atoms with E-state index in [4.69, 9.17) is 0 Å². The van der Waals surface area contributed by atoms with Gasteiger partial charge in [-0.1, -0.05) is 18.7 Å². The summed E-state index contributed by atoms with van der Waals surface area (Å²) in [5.41, 5.74) is 2.98. The van der Waals surface area contributed by atoms with Crippen LogP contribution in [0.1, 0.15) is 31.0 Å². The van der Waals surface area contributed by atoms with Gasteiger partial charge in [-0.2, -0.15) is 0 Å². The summed E-state index contributed by atoms with van der Waals surface area (Å²) in [6, 6.07) is 10.6. The Morgan fingerprint density at radius 2 is 1.93 bits per heavy atom. The van der Waals surface area contributed by atoms with Crippen LogP contribution in [0.15, 0.2) is 61.4 Å². The molecule has 0 radical (unpaired) electrons. The monoisotopic (exact) mass is 400 g/mol. The molecule has 0 saturated heterocycles. The summed E-state index contributed by atoms with van der Waals surface area (Å²) in [7, 11) is 0. The number of nitrogens with zero attached hydrogens (tertiary/aromatic N) is 2. The molecule has 0 spiro atoms. The molecule has 0 fully saturated rings. The summed E-state index contributed by atoms with van der Waals surface area (Å²) in [6.45, 7) is 7.49. The Balaban J connectivity index is 1.94. The second-order valence-corrected chi connectivity index (χ2v) is 7.23. The summed E-state index contributed by atoms with van der Waals surface area (Å²) in [5, 5.41) is 5.87. The number of imide groups is 1. The number of carbonyl (C=O) groups excluding carboxylic acids is 3. The number of pyridine rings is 1. The van der Waals surface area contributed by atoms with Crippen LogP contribution in [-0.2, 0) is 14.4 Å². The topological polar surface area (TPSA) is 93.1 Å². The van der Waals surface area contributed by atoms with Crippen molar-refractivity contribution in [3.05, 3.63) is 72.6 Å². The van der Waals surface area contributed by atoms with Gasteiger partial charge in [0.2, 0.25) is 5.91 Å². The van der Waals surface area contributed by atoms with E-state index in [1.54, 1.807) is 36.5 Å². The van der Waals surface area contributed by atoms with Crippen molar-refractivity contribution in [1.82, 2.24) is 14.9 Å². The summed E-state index contributed by atoms with van der Waals surface area (Å²) in [4.78, 5) is 41.6. The molecule has 3 amide bonds. The molecule has 0 aliphatic carbocycles. The van der Waals surface area contributed by atoms with E-state index < -0.39 is 11.8 Å². The SMILES string of the molecule is C=CC(=O)Nc1cccc(C2=C(c3cn(C(C)C)c4ncccc34)C(=O)NC2=O)c1. The number of hydrogen-bond acceptors (Lipinski definition) is 4. The van der Waals surface area contributed by atoms with Gasteiger partial charge in [-0.25, -0.2) is 4.98 Å². The molecule has 3 aromatic rings. The van der Waals surface area contributed by atoms with Crippen LogP contribution < -0.4 is 10.6 Å². The normalized spacial score (nSPS) is 13.8. The fourth-order valence-electron chi connectivity index (χ4n) is 3.61. The van der Waals surface area contributed by atoms with Gasteiger partial charge in [-0.3, -0.25) is 19.7 Å². The molecule has 150 valence electrons. The van der Waals surface area contributed by atoms with Crippen LogP contribution in [-0.4, -0.2) is 27.3 Å². The third-order valence-electron chi connectivity index (χ3n) is 4.95. The molecule has 2 aromatic heterocycles.